The van der Waals surface area contributed by atoms with Crippen LogP contribution in [0.4, 0.5) is 11.5 Å². The first-order chi connectivity index (χ1) is 12.9. The molecule has 2 rings (SSSR count). The summed E-state index contributed by atoms with van der Waals surface area (Å²) in [5.74, 6) is -1.33. The van der Waals surface area contributed by atoms with E-state index in [1.54, 1.807) is 23.8 Å². The van der Waals surface area contributed by atoms with Gasteiger partial charge in [0, 0.05) is 18.5 Å². The fraction of sp³-hybridized carbons (Fsp3) is 0.412. The van der Waals surface area contributed by atoms with Crippen molar-refractivity contribution < 1.29 is 14.3 Å². The van der Waals surface area contributed by atoms with Crippen molar-refractivity contribution in [3.63, 3.8) is 0 Å². The van der Waals surface area contributed by atoms with Crippen molar-refractivity contribution in [2.75, 3.05) is 23.8 Å². The normalized spacial score (nSPS) is 10.6. The molecule has 0 spiro atoms. The minimum atomic E-state index is -0.760. The fourth-order valence-corrected chi connectivity index (χ4v) is 3.13. The number of hydrogen-bond acceptors (Lipinski definition) is 7. The zero-order valence-corrected chi connectivity index (χ0v) is 16.0. The zero-order chi connectivity index (χ0) is 20.0. The summed E-state index contributed by atoms with van der Waals surface area (Å²) in [4.78, 5) is 52.0. The third-order valence-corrected chi connectivity index (χ3v) is 4.60. The zero-order valence-electron chi connectivity index (χ0n) is 15.2. The number of aromatic nitrogens is 2. The second-order valence-electron chi connectivity index (χ2n) is 5.72. The molecule has 1 amide bonds. The number of carbonyl (C=O) groups excluding carboxylic acids is 2. The Labute approximate surface area is 159 Å². The highest BCUT2D eigenvalue weighted by Crippen LogP contribution is 2.17. The Kier molecular flexibility index (Phi) is 6.94. The third kappa shape index (κ3) is 4.64. The molecule has 10 heteroatoms. The maximum absolute atomic E-state index is 12.5. The van der Waals surface area contributed by atoms with E-state index in [4.69, 9.17) is 10.5 Å². The molecule has 0 saturated carbocycles. The van der Waals surface area contributed by atoms with E-state index in [1.165, 1.54) is 15.9 Å². The maximum atomic E-state index is 12.5. The van der Waals surface area contributed by atoms with Gasteiger partial charge in [-0.15, -0.1) is 0 Å². The van der Waals surface area contributed by atoms with Crippen molar-refractivity contribution >= 4 is 34.7 Å². The number of hydrogen-bond donors (Lipinski definition) is 2. The number of esters is 1. The van der Waals surface area contributed by atoms with Gasteiger partial charge in [-0.3, -0.25) is 19.1 Å². The molecule has 0 saturated heterocycles. The quantitative estimate of drug-likeness (QED) is 0.648. The van der Waals surface area contributed by atoms with Gasteiger partial charge in [-0.2, -0.15) is 11.3 Å². The van der Waals surface area contributed by atoms with Crippen LogP contribution < -0.4 is 21.9 Å². The summed E-state index contributed by atoms with van der Waals surface area (Å²) in [6, 6.07) is 1.58. The predicted octanol–water partition coefficient (Wildman–Crippen LogP) is 1.19. The Morgan fingerprint density at radius 2 is 2.07 bits per heavy atom. The van der Waals surface area contributed by atoms with Gasteiger partial charge in [0.15, 0.2) is 12.3 Å². The van der Waals surface area contributed by atoms with Crippen LogP contribution >= 0.6 is 11.3 Å². The Morgan fingerprint density at radius 1 is 1.33 bits per heavy atom. The minimum Gasteiger partial charge on any atom is -0.452 e. The minimum absolute atomic E-state index is 0.0865. The number of ether oxygens (including phenoxy) is 1. The third-order valence-electron chi connectivity index (χ3n) is 3.92. The number of carbonyl (C=O) groups is 2. The number of nitrogens with zero attached hydrogens (tertiary/aromatic N) is 2. The molecule has 0 atom stereocenters. The molecule has 0 aliphatic heterocycles. The van der Waals surface area contributed by atoms with Crippen LogP contribution in [0.3, 0.4) is 0 Å². The number of nitrogens with one attached hydrogen (secondary N) is 1. The van der Waals surface area contributed by atoms with E-state index in [9.17, 15) is 19.2 Å². The van der Waals surface area contributed by atoms with Crippen LogP contribution in [0.15, 0.2) is 26.4 Å². The number of nitrogen functional groups attached to an aromatic ring is 1. The maximum Gasteiger partial charge on any atom is 0.339 e. The summed E-state index contributed by atoms with van der Waals surface area (Å²) in [5, 5.41) is 3.33. The van der Waals surface area contributed by atoms with E-state index in [2.05, 4.69) is 4.98 Å². The van der Waals surface area contributed by atoms with Gasteiger partial charge in [0.2, 0.25) is 0 Å². The number of anilines is 2. The second kappa shape index (κ2) is 9.17. The van der Waals surface area contributed by atoms with Crippen molar-refractivity contribution in [3.8, 4) is 0 Å². The van der Waals surface area contributed by atoms with E-state index in [-0.39, 0.29) is 18.1 Å². The smallest absolute Gasteiger partial charge is 0.339 e. The molecule has 9 nitrogen and oxygen atoms in total. The summed E-state index contributed by atoms with van der Waals surface area (Å²) in [5.41, 5.74) is 4.86. The lowest BCUT2D eigenvalue weighted by Gasteiger charge is -2.23. The number of rotatable bonds is 8. The van der Waals surface area contributed by atoms with Crippen LogP contribution in [0.1, 0.15) is 37.0 Å². The summed E-state index contributed by atoms with van der Waals surface area (Å²) >= 11 is 1.33. The summed E-state index contributed by atoms with van der Waals surface area (Å²) in [6.45, 7) is 3.50. The average molecular weight is 394 g/mol. The highest BCUT2D eigenvalue weighted by atomic mass is 32.1. The van der Waals surface area contributed by atoms with Crippen LogP contribution in [0, 0.1) is 0 Å². The van der Waals surface area contributed by atoms with Gasteiger partial charge in [-0.05, 0) is 24.8 Å². The molecule has 3 N–H and O–H groups in total. The first-order valence-corrected chi connectivity index (χ1v) is 9.47. The van der Waals surface area contributed by atoms with E-state index in [0.717, 1.165) is 11.3 Å². The second-order valence-corrected chi connectivity index (χ2v) is 6.50. The van der Waals surface area contributed by atoms with Gasteiger partial charge in [0.25, 0.3) is 11.5 Å². The van der Waals surface area contributed by atoms with Gasteiger partial charge in [-0.25, -0.2) is 9.59 Å². The SMILES string of the molecule is CCCCn1c(N)c(N(CC)C(=O)COC(=O)c2ccsc2)c(=O)[nH]c1=O. The standard InChI is InChI=1S/C17H22N4O5S/c1-3-5-7-21-14(18)13(15(23)19-17(21)25)20(4-2)12(22)9-26-16(24)11-6-8-27-10-11/h6,8,10H,3-5,7,9,18H2,1-2H3,(H,19,23,25). The van der Waals surface area contributed by atoms with Crippen molar-refractivity contribution in [3.05, 3.63) is 43.2 Å². The highest BCUT2D eigenvalue weighted by Gasteiger charge is 2.24. The van der Waals surface area contributed by atoms with Crippen molar-refractivity contribution in [2.24, 2.45) is 0 Å². The Bertz CT molecular complexity index is 916. The lowest BCUT2D eigenvalue weighted by Crippen LogP contribution is -2.42. The largest absolute Gasteiger partial charge is 0.452 e. The van der Waals surface area contributed by atoms with Gasteiger partial charge >= 0.3 is 11.7 Å². The number of likely N-dealkylation sites (N-methyl/N-ethyl adjacent to an activating group) is 1. The molecule has 2 aromatic heterocycles. The molecule has 2 aromatic rings. The molecule has 0 aliphatic rings. The summed E-state index contributed by atoms with van der Waals surface area (Å²) < 4.78 is 6.24. The molecule has 146 valence electrons. The first kappa shape index (κ1) is 20.4. The Morgan fingerprint density at radius 3 is 2.67 bits per heavy atom. The van der Waals surface area contributed by atoms with Gasteiger partial charge in [0.05, 0.1) is 5.56 Å². The van der Waals surface area contributed by atoms with Crippen molar-refractivity contribution in [2.45, 2.75) is 33.2 Å². The number of aromatic amines is 1. The van der Waals surface area contributed by atoms with Crippen molar-refractivity contribution in [1.29, 1.82) is 0 Å². The number of thiophene rings is 1. The average Bonchev–Trinajstić information content (AvgIpc) is 3.17. The lowest BCUT2D eigenvalue weighted by molar-refractivity contribution is -0.121. The molecule has 0 fully saturated rings. The molecule has 0 aromatic carbocycles. The van der Waals surface area contributed by atoms with Gasteiger partial charge in [0.1, 0.15) is 5.82 Å². The first-order valence-electron chi connectivity index (χ1n) is 8.52. The molecular formula is C17H22N4O5S. The fourth-order valence-electron chi connectivity index (χ4n) is 2.50. The van der Waals surface area contributed by atoms with Crippen LogP contribution in [0.5, 0.6) is 0 Å². The van der Waals surface area contributed by atoms with Crippen LogP contribution in [-0.4, -0.2) is 34.6 Å². The van der Waals surface area contributed by atoms with E-state index >= 15 is 0 Å². The Hall–Kier alpha value is -2.88. The predicted molar refractivity (Wildman–Crippen MR) is 103 cm³/mol. The molecule has 0 aliphatic carbocycles. The number of H-pyrrole nitrogens is 1. The molecule has 0 bridgehead atoms. The van der Waals surface area contributed by atoms with Crippen molar-refractivity contribution in [1.82, 2.24) is 9.55 Å². The molecule has 27 heavy (non-hydrogen) atoms. The van der Waals surface area contributed by atoms with Gasteiger partial charge < -0.3 is 15.4 Å². The number of amides is 1. The summed E-state index contributed by atoms with van der Waals surface area (Å²) in [6.07, 6.45) is 1.52. The number of nitrogens with two attached hydrogens (primary N) is 1. The molecule has 0 unspecified atom stereocenters. The van der Waals surface area contributed by atoms with Gasteiger partial charge in [-0.1, -0.05) is 13.3 Å². The number of unbranched alkanes of at least 4 members (excludes halogenated alkanes) is 1. The monoisotopic (exact) mass is 394 g/mol. The van der Waals surface area contributed by atoms with E-state index < -0.39 is 29.7 Å². The topological polar surface area (TPSA) is 127 Å². The lowest BCUT2D eigenvalue weighted by atomic mass is 10.3. The molecular weight excluding hydrogens is 372 g/mol. The van der Waals surface area contributed by atoms with E-state index in [1.807, 2.05) is 6.92 Å². The summed E-state index contributed by atoms with van der Waals surface area (Å²) in [7, 11) is 0. The van der Waals surface area contributed by atoms with Crippen LogP contribution in [-0.2, 0) is 16.1 Å². The molecule has 0 radical (unpaired) electrons. The van der Waals surface area contributed by atoms with E-state index in [0.29, 0.717) is 18.5 Å². The van der Waals surface area contributed by atoms with Crippen LogP contribution in [0.2, 0.25) is 0 Å². The van der Waals surface area contributed by atoms with Crippen LogP contribution in [0.25, 0.3) is 0 Å². The Balaban J connectivity index is 2.25. The molecule has 2 heterocycles. The highest BCUT2D eigenvalue weighted by molar-refractivity contribution is 7.08.